The van der Waals surface area contributed by atoms with Crippen LogP contribution < -0.4 is 4.90 Å². The summed E-state index contributed by atoms with van der Waals surface area (Å²) in [6.45, 7) is 4.81. The number of nitrogens with zero attached hydrogens (tertiary/aromatic N) is 1. The molecule has 43 heavy (non-hydrogen) atoms. The summed E-state index contributed by atoms with van der Waals surface area (Å²) in [5.74, 6) is 1.93. The van der Waals surface area contributed by atoms with Gasteiger partial charge in [0.05, 0.1) is 10.7 Å². The van der Waals surface area contributed by atoms with Crippen LogP contribution in [0, 0.1) is 17.8 Å². The third kappa shape index (κ3) is 4.13. The minimum Gasteiger partial charge on any atom is -0.309 e. The molecule has 1 saturated carbocycles. The predicted molar refractivity (Wildman–Crippen MR) is 182 cm³/mol. The molecule has 5 aromatic rings. The largest absolute Gasteiger partial charge is 0.309 e. The van der Waals surface area contributed by atoms with Gasteiger partial charge in [-0.1, -0.05) is 121 Å². The smallest absolute Gasteiger partial charge is 0.0697 e. The molecule has 5 aromatic carbocycles. The second-order valence-corrected chi connectivity index (χ2v) is 13.3. The summed E-state index contributed by atoms with van der Waals surface area (Å²) in [5, 5.41) is 0.866. The third-order valence-corrected chi connectivity index (χ3v) is 10.8. The van der Waals surface area contributed by atoms with E-state index >= 15 is 0 Å². The van der Waals surface area contributed by atoms with E-state index in [0.717, 1.165) is 22.1 Å². The highest BCUT2D eigenvalue weighted by molar-refractivity contribution is 6.35. The van der Waals surface area contributed by atoms with Gasteiger partial charge in [-0.25, -0.2) is 0 Å². The zero-order chi connectivity index (χ0) is 29.1. The Hall–Kier alpha value is -4.07. The number of halogens is 1. The lowest BCUT2D eigenvalue weighted by molar-refractivity contribution is 0.168. The first-order chi connectivity index (χ1) is 21.0. The van der Waals surface area contributed by atoms with Crippen LogP contribution in [0.4, 0.5) is 17.1 Å². The van der Waals surface area contributed by atoms with Gasteiger partial charge in [0.15, 0.2) is 0 Å². The van der Waals surface area contributed by atoms with E-state index in [1.165, 1.54) is 58.2 Å². The van der Waals surface area contributed by atoms with Gasteiger partial charge in [0, 0.05) is 16.8 Å². The van der Waals surface area contributed by atoms with Crippen molar-refractivity contribution in [3.63, 3.8) is 0 Å². The zero-order valence-electron chi connectivity index (χ0n) is 24.8. The average molecular weight is 578 g/mol. The van der Waals surface area contributed by atoms with Crippen LogP contribution in [0.5, 0.6) is 0 Å². The van der Waals surface area contributed by atoms with Gasteiger partial charge < -0.3 is 4.90 Å². The van der Waals surface area contributed by atoms with E-state index in [9.17, 15) is 0 Å². The molecule has 3 aliphatic carbocycles. The van der Waals surface area contributed by atoms with Crippen molar-refractivity contribution in [3.8, 4) is 22.3 Å². The van der Waals surface area contributed by atoms with Crippen molar-refractivity contribution in [2.45, 2.75) is 38.5 Å². The minimum atomic E-state index is -0.201. The maximum absolute atomic E-state index is 7.78. The Kier molecular flexibility index (Phi) is 6.35. The summed E-state index contributed by atoms with van der Waals surface area (Å²) in [6, 6.07) is 43.7. The first-order valence-electron chi connectivity index (χ1n) is 15.7. The highest BCUT2D eigenvalue weighted by Crippen LogP contribution is 2.63. The lowest BCUT2D eigenvalue weighted by Crippen LogP contribution is -2.42. The lowest BCUT2D eigenvalue weighted by atomic mass is 9.55. The molecule has 0 N–H and O–H groups in total. The number of hydrogen-bond donors (Lipinski definition) is 0. The van der Waals surface area contributed by atoms with Crippen molar-refractivity contribution >= 4 is 28.7 Å². The number of fused-ring (bicyclic) bond motifs is 8. The Bertz CT molecular complexity index is 1840. The molecule has 0 aliphatic heterocycles. The number of anilines is 3. The molecule has 2 bridgehead atoms. The first-order valence-corrected chi connectivity index (χ1v) is 16.1. The molecule has 3 aliphatic rings. The van der Waals surface area contributed by atoms with Crippen molar-refractivity contribution < 1.29 is 0 Å². The molecule has 2 heteroatoms. The van der Waals surface area contributed by atoms with Crippen LogP contribution in [0.15, 0.2) is 133 Å². The van der Waals surface area contributed by atoms with Gasteiger partial charge in [0.2, 0.25) is 0 Å². The molecular formula is C41H36ClN. The first kappa shape index (κ1) is 26.5. The van der Waals surface area contributed by atoms with Crippen LogP contribution in [0.25, 0.3) is 22.3 Å². The standard InChI is InChI=1S/C41H36ClN/c1-27-23-31-25-32(24-27)41(26-28(31)2)37-16-10-9-15-35(37)36-21-22-38(40(42)39(36)41)43(33-13-7-4-8-14-33)34-19-17-30(18-20-34)29-11-5-3-6-12-29/h3-22,26-27,31-32H,23-25H2,1-2H3. The van der Waals surface area contributed by atoms with Crippen molar-refractivity contribution in [1.82, 2.24) is 0 Å². The van der Waals surface area contributed by atoms with E-state index in [1.54, 1.807) is 0 Å². The lowest BCUT2D eigenvalue weighted by Gasteiger charge is -2.49. The van der Waals surface area contributed by atoms with Gasteiger partial charge in [-0.3, -0.25) is 0 Å². The van der Waals surface area contributed by atoms with Crippen LogP contribution in [0.3, 0.4) is 0 Å². The van der Waals surface area contributed by atoms with Crippen LogP contribution in [0.2, 0.25) is 5.02 Å². The fourth-order valence-corrected chi connectivity index (χ4v) is 8.94. The molecule has 0 saturated heterocycles. The highest BCUT2D eigenvalue weighted by atomic mass is 35.5. The number of rotatable bonds is 4. The van der Waals surface area contributed by atoms with Crippen molar-refractivity contribution in [3.05, 3.63) is 149 Å². The third-order valence-electron chi connectivity index (χ3n) is 10.4. The molecule has 8 rings (SSSR count). The second-order valence-electron chi connectivity index (χ2n) is 12.9. The van der Waals surface area contributed by atoms with Crippen LogP contribution in [-0.4, -0.2) is 0 Å². The van der Waals surface area contributed by atoms with E-state index in [0.29, 0.717) is 17.8 Å². The summed E-state index contributed by atoms with van der Waals surface area (Å²) >= 11 is 7.78. The Morgan fingerprint density at radius 1 is 0.651 bits per heavy atom. The number of allylic oxidation sites excluding steroid dienone is 2. The topological polar surface area (TPSA) is 3.24 Å². The Balaban J connectivity index is 1.34. The Labute approximate surface area is 260 Å². The summed E-state index contributed by atoms with van der Waals surface area (Å²) in [6.07, 6.45) is 6.40. The van der Waals surface area contributed by atoms with E-state index in [-0.39, 0.29) is 5.41 Å². The molecule has 4 unspecified atom stereocenters. The average Bonchev–Trinajstić information content (AvgIpc) is 3.33. The van der Waals surface area contributed by atoms with E-state index in [1.807, 2.05) is 0 Å². The maximum Gasteiger partial charge on any atom is 0.0697 e. The predicted octanol–water partition coefficient (Wildman–Crippen LogP) is 11.8. The summed E-state index contributed by atoms with van der Waals surface area (Å²) in [5.41, 5.74) is 12.3. The summed E-state index contributed by atoms with van der Waals surface area (Å²) < 4.78 is 0. The van der Waals surface area contributed by atoms with Crippen molar-refractivity contribution in [2.75, 3.05) is 4.90 Å². The molecule has 0 amide bonds. The van der Waals surface area contributed by atoms with Gasteiger partial charge in [-0.05, 0) is 108 Å². The number of para-hydroxylation sites is 1. The summed E-state index contributed by atoms with van der Waals surface area (Å²) in [7, 11) is 0. The van der Waals surface area contributed by atoms with Gasteiger partial charge in [0.25, 0.3) is 0 Å². The van der Waals surface area contributed by atoms with Gasteiger partial charge in [-0.15, -0.1) is 0 Å². The quantitative estimate of drug-likeness (QED) is 0.192. The maximum atomic E-state index is 7.78. The number of hydrogen-bond acceptors (Lipinski definition) is 1. The monoisotopic (exact) mass is 577 g/mol. The molecule has 1 nitrogen and oxygen atoms in total. The molecule has 4 atom stereocenters. The molecule has 0 radical (unpaired) electrons. The molecule has 1 fully saturated rings. The molecule has 0 heterocycles. The van der Waals surface area contributed by atoms with Crippen molar-refractivity contribution in [2.24, 2.45) is 17.8 Å². The summed E-state index contributed by atoms with van der Waals surface area (Å²) in [4.78, 5) is 2.33. The van der Waals surface area contributed by atoms with Gasteiger partial charge >= 0.3 is 0 Å². The molecule has 0 aromatic heterocycles. The second kappa shape index (κ2) is 10.3. The Morgan fingerprint density at radius 3 is 2.07 bits per heavy atom. The molecule has 212 valence electrons. The zero-order valence-corrected chi connectivity index (χ0v) is 25.6. The van der Waals surface area contributed by atoms with E-state index < -0.39 is 0 Å². The highest BCUT2D eigenvalue weighted by Gasteiger charge is 2.53. The molecule has 1 spiro atoms. The van der Waals surface area contributed by atoms with Crippen LogP contribution in [-0.2, 0) is 5.41 Å². The van der Waals surface area contributed by atoms with E-state index in [4.69, 9.17) is 11.6 Å². The molecular weight excluding hydrogens is 542 g/mol. The van der Waals surface area contributed by atoms with Gasteiger partial charge in [0.1, 0.15) is 0 Å². The van der Waals surface area contributed by atoms with Crippen LogP contribution in [0.1, 0.15) is 44.2 Å². The fraction of sp³-hybridized carbons (Fsp3) is 0.220. The van der Waals surface area contributed by atoms with E-state index in [2.05, 4.69) is 146 Å². The van der Waals surface area contributed by atoms with Crippen molar-refractivity contribution in [1.29, 1.82) is 0 Å². The SMILES string of the molecule is CC1=CC2(c3ccccc3-c3ccc(N(c4ccccc4)c4ccc(-c5ccccc5)cc4)c(Cl)c32)C2CC(C)CC1C2. The minimum absolute atomic E-state index is 0.201. The number of benzene rings is 5. The van der Waals surface area contributed by atoms with Gasteiger partial charge in [-0.2, -0.15) is 0 Å². The Morgan fingerprint density at radius 2 is 1.30 bits per heavy atom. The van der Waals surface area contributed by atoms with Crippen LogP contribution >= 0.6 is 11.6 Å². The normalized spacial score (nSPS) is 23.4. The fourth-order valence-electron chi connectivity index (χ4n) is 8.53.